The van der Waals surface area contributed by atoms with E-state index in [4.69, 9.17) is 22.1 Å². The van der Waals surface area contributed by atoms with Gasteiger partial charge in [-0.1, -0.05) is 23.7 Å². The molecule has 110 valence electrons. The van der Waals surface area contributed by atoms with Crippen LogP contribution in [-0.2, 0) is 4.79 Å². The Bertz CT molecular complexity index is 671. The minimum absolute atomic E-state index is 0.0879. The molecule has 3 N–H and O–H groups in total. The van der Waals surface area contributed by atoms with E-state index in [0.29, 0.717) is 22.1 Å². The number of para-hydroxylation sites is 1. The van der Waals surface area contributed by atoms with Gasteiger partial charge in [0.15, 0.2) is 6.61 Å². The maximum atomic E-state index is 11.9. The Morgan fingerprint density at radius 2 is 1.95 bits per heavy atom. The van der Waals surface area contributed by atoms with E-state index < -0.39 is 0 Å². The second-order valence-corrected chi connectivity index (χ2v) is 5.20. The number of carbonyl (C=O) groups is 1. The zero-order chi connectivity index (χ0) is 15.4. The van der Waals surface area contributed by atoms with Crippen LogP contribution in [0.2, 0.25) is 5.02 Å². The molecule has 0 aromatic heterocycles. The summed E-state index contributed by atoms with van der Waals surface area (Å²) in [5, 5.41) is 3.20. The van der Waals surface area contributed by atoms with Crippen molar-refractivity contribution in [1.29, 1.82) is 0 Å². The van der Waals surface area contributed by atoms with Crippen molar-refractivity contribution in [3.63, 3.8) is 0 Å². The number of nitrogens with one attached hydrogen (secondary N) is 1. The quantitative estimate of drug-likeness (QED) is 0.849. The standard InChI is InChI=1S/C16H17ClN2O2/c1-10-8-15(11(2)7-13(10)18)21-9-16(20)19-14-6-4-3-5-12(14)17/h3-8H,9,18H2,1-2H3,(H,19,20). The summed E-state index contributed by atoms with van der Waals surface area (Å²) >= 11 is 5.98. The van der Waals surface area contributed by atoms with Gasteiger partial charge in [-0.2, -0.15) is 0 Å². The van der Waals surface area contributed by atoms with Crippen LogP contribution < -0.4 is 15.8 Å². The molecule has 0 aliphatic rings. The molecule has 0 radical (unpaired) electrons. The third kappa shape index (κ3) is 3.89. The van der Waals surface area contributed by atoms with E-state index >= 15 is 0 Å². The van der Waals surface area contributed by atoms with Gasteiger partial charge < -0.3 is 15.8 Å². The summed E-state index contributed by atoms with van der Waals surface area (Å²) in [6.07, 6.45) is 0. The van der Waals surface area contributed by atoms with Crippen LogP contribution in [0.5, 0.6) is 5.75 Å². The Hall–Kier alpha value is -2.20. The molecule has 0 heterocycles. The maximum absolute atomic E-state index is 11.9. The topological polar surface area (TPSA) is 64.3 Å². The lowest BCUT2D eigenvalue weighted by molar-refractivity contribution is -0.118. The van der Waals surface area contributed by atoms with Crippen LogP contribution in [0.25, 0.3) is 0 Å². The summed E-state index contributed by atoms with van der Waals surface area (Å²) in [5.74, 6) is 0.382. The van der Waals surface area contributed by atoms with E-state index in [2.05, 4.69) is 5.32 Å². The molecule has 2 aromatic rings. The van der Waals surface area contributed by atoms with Gasteiger partial charge in [0.25, 0.3) is 5.91 Å². The fraction of sp³-hybridized carbons (Fsp3) is 0.188. The number of nitrogen functional groups attached to an aromatic ring is 1. The van der Waals surface area contributed by atoms with Gasteiger partial charge in [-0.05, 0) is 49.2 Å². The van der Waals surface area contributed by atoms with Gasteiger partial charge in [0.1, 0.15) is 5.75 Å². The molecule has 2 aromatic carbocycles. The largest absolute Gasteiger partial charge is 0.483 e. The summed E-state index contributed by atoms with van der Waals surface area (Å²) < 4.78 is 5.54. The SMILES string of the molecule is Cc1cc(OCC(=O)Nc2ccccc2Cl)c(C)cc1N. The summed E-state index contributed by atoms with van der Waals surface area (Å²) in [6.45, 7) is 3.69. The molecule has 0 saturated carbocycles. The number of amides is 1. The molecule has 4 nitrogen and oxygen atoms in total. The van der Waals surface area contributed by atoms with Crippen LogP contribution in [0.1, 0.15) is 11.1 Å². The Kier molecular flexibility index (Phi) is 4.70. The summed E-state index contributed by atoms with van der Waals surface area (Å²) in [4.78, 5) is 11.9. The van der Waals surface area contributed by atoms with Crippen LogP contribution in [0.4, 0.5) is 11.4 Å². The molecule has 21 heavy (non-hydrogen) atoms. The van der Waals surface area contributed by atoms with Crippen LogP contribution >= 0.6 is 11.6 Å². The number of carbonyl (C=O) groups excluding carboxylic acids is 1. The number of benzene rings is 2. The van der Waals surface area contributed by atoms with E-state index in [0.717, 1.165) is 11.1 Å². The number of aryl methyl sites for hydroxylation is 2. The van der Waals surface area contributed by atoms with Gasteiger partial charge in [0, 0.05) is 5.69 Å². The van der Waals surface area contributed by atoms with Crippen molar-refractivity contribution < 1.29 is 9.53 Å². The van der Waals surface area contributed by atoms with E-state index in [1.165, 1.54) is 0 Å². The van der Waals surface area contributed by atoms with Gasteiger partial charge in [-0.25, -0.2) is 0 Å². The number of rotatable bonds is 4. The first kappa shape index (κ1) is 15.2. The Balaban J connectivity index is 1.99. The highest BCUT2D eigenvalue weighted by molar-refractivity contribution is 6.33. The molecule has 0 unspecified atom stereocenters. The third-order valence-electron chi connectivity index (χ3n) is 3.07. The minimum Gasteiger partial charge on any atom is -0.483 e. The van der Waals surface area contributed by atoms with Crippen molar-refractivity contribution in [2.24, 2.45) is 0 Å². The first-order valence-corrected chi connectivity index (χ1v) is 6.89. The average molecular weight is 305 g/mol. The van der Waals surface area contributed by atoms with Crippen molar-refractivity contribution in [2.75, 3.05) is 17.7 Å². The van der Waals surface area contributed by atoms with Gasteiger partial charge in [0.2, 0.25) is 0 Å². The zero-order valence-corrected chi connectivity index (χ0v) is 12.7. The minimum atomic E-state index is -0.267. The Labute approximate surface area is 128 Å². The number of nitrogens with two attached hydrogens (primary N) is 1. The van der Waals surface area contributed by atoms with Crippen LogP contribution in [0, 0.1) is 13.8 Å². The van der Waals surface area contributed by atoms with Crippen molar-refractivity contribution in [3.8, 4) is 5.75 Å². The lowest BCUT2D eigenvalue weighted by Gasteiger charge is -2.12. The van der Waals surface area contributed by atoms with Gasteiger partial charge in [0.05, 0.1) is 10.7 Å². The molecule has 0 aliphatic carbocycles. The molecule has 1 amide bonds. The second kappa shape index (κ2) is 6.50. The molecule has 0 saturated heterocycles. The molecule has 0 bridgehead atoms. The normalized spacial score (nSPS) is 10.2. The highest BCUT2D eigenvalue weighted by atomic mass is 35.5. The van der Waals surface area contributed by atoms with Crippen LogP contribution in [-0.4, -0.2) is 12.5 Å². The number of anilines is 2. The maximum Gasteiger partial charge on any atom is 0.262 e. The van der Waals surface area contributed by atoms with Gasteiger partial charge in [-0.15, -0.1) is 0 Å². The van der Waals surface area contributed by atoms with Crippen molar-refractivity contribution in [1.82, 2.24) is 0 Å². The second-order valence-electron chi connectivity index (χ2n) is 4.79. The fourth-order valence-corrected chi connectivity index (χ4v) is 2.04. The predicted octanol–water partition coefficient (Wildman–Crippen LogP) is 3.56. The van der Waals surface area contributed by atoms with E-state index in [-0.39, 0.29) is 12.5 Å². The van der Waals surface area contributed by atoms with E-state index in [9.17, 15) is 4.79 Å². The smallest absolute Gasteiger partial charge is 0.262 e. The van der Waals surface area contributed by atoms with Crippen molar-refractivity contribution >= 4 is 28.9 Å². The molecule has 5 heteroatoms. The third-order valence-corrected chi connectivity index (χ3v) is 3.40. The molecule has 0 spiro atoms. The predicted molar refractivity (Wildman–Crippen MR) is 85.9 cm³/mol. The zero-order valence-electron chi connectivity index (χ0n) is 11.9. The molecule has 0 aliphatic heterocycles. The van der Waals surface area contributed by atoms with E-state index in [1.807, 2.05) is 26.0 Å². The first-order chi connectivity index (χ1) is 9.97. The Morgan fingerprint density at radius 3 is 2.67 bits per heavy atom. The number of halogens is 1. The lowest BCUT2D eigenvalue weighted by atomic mass is 10.1. The molecular weight excluding hydrogens is 288 g/mol. The number of hydrogen-bond donors (Lipinski definition) is 2. The summed E-state index contributed by atoms with van der Waals surface area (Å²) in [5.41, 5.74) is 8.90. The lowest BCUT2D eigenvalue weighted by Crippen LogP contribution is -2.20. The summed E-state index contributed by atoms with van der Waals surface area (Å²) in [6, 6.07) is 10.7. The van der Waals surface area contributed by atoms with E-state index in [1.54, 1.807) is 24.3 Å². The van der Waals surface area contributed by atoms with Gasteiger partial charge in [-0.3, -0.25) is 4.79 Å². The number of hydrogen-bond acceptors (Lipinski definition) is 3. The monoisotopic (exact) mass is 304 g/mol. The summed E-state index contributed by atoms with van der Waals surface area (Å²) in [7, 11) is 0. The van der Waals surface area contributed by atoms with Crippen molar-refractivity contribution in [2.45, 2.75) is 13.8 Å². The molecular formula is C16H17ClN2O2. The number of ether oxygens (including phenoxy) is 1. The van der Waals surface area contributed by atoms with Crippen LogP contribution in [0.3, 0.4) is 0 Å². The molecule has 0 fully saturated rings. The molecule has 2 rings (SSSR count). The fourth-order valence-electron chi connectivity index (χ4n) is 1.86. The van der Waals surface area contributed by atoms with Crippen LogP contribution in [0.15, 0.2) is 36.4 Å². The van der Waals surface area contributed by atoms with Gasteiger partial charge >= 0.3 is 0 Å². The highest BCUT2D eigenvalue weighted by Crippen LogP contribution is 2.24. The Morgan fingerprint density at radius 1 is 1.24 bits per heavy atom. The first-order valence-electron chi connectivity index (χ1n) is 6.51. The highest BCUT2D eigenvalue weighted by Gasteiger charge is 2.08. The van der Waals surface area contributed by atoms with Crippen molar-refractivity contribution in [3.05, 3.63) is 52.5 Å². The molecule has 0 atom stereocenters. The average Bonchev–Trinajstić information content (AvgIpc) is 2.44.